The molecule has 2 aromatic rings. The zero-order valence-electron chi connectivity index (χ0n) is 16.0. The van der Waals surface area contributed by atoms with Gasteiger partial charge in [0.25, 0.3) is 5.91 Å². The van der Waals surface area contributed by atoms with Crippen LogP contribution < -0.4 is 10.6 Å². The largest absolute Gasteiger partial charge is 0.354 e. The number of carbonyl (C=O) groups is 2. The Hall–Kier alpha value is -2.25. The van der Waals surface area contributed by atoms with Crippen molar-refractivity contribution < 1.29 is 18.4 Å². The monoisotopic (exact) mass is 411 g/mol. The third-order valence-corrected chi connectivity index (χ3v) is 5.19. The number of H-pyrrole nitrogens is 1. The number of aromatic nitrogens is 1. The summed E-state index contributed by atoms with van der Waals surface area (Å²) in [7, 11) is 0. The van der Waals surface area contributed by atoms with Gasteiger partial charge in [-0.25, -0.2) is 8.78 Å². The van der Waals surface area contributed by atoms with Crippen LogP contribution in [0, 0.1) is 25.5 Å². The maximum atomic E-state index is 13.6. The number of hydrogen-bond acceptors (Lipinski definition) is 3. The Morgan fingerprint density at radius 3 is 2.50 bits per heavy atom. The van der Waals surface area contributed by atoms with Crippen LogP contribution in [0.15, 0.2) is 18.2 Å². The number of rotatable bonds is 4. The van der Waals surface area contributed by atoms with E-state index in [1.54, 1.807) is 19.9 Å². The van der Waals surface area contributed by atoms with E-state index in [1.807, 2.05) is 0 Å². The van der Waals surface area contributed by atoms with E-state index in [0.717, 1.165) is 12.6 Å². The first-order valence-electron chi connectivity index (χ1n) is 8.96. The molecule has 0 radical (unpaired) electrons. The fourth-order valence-corrected chi connectivity index (χ4v) is 3.90. The van der Waals surface area contributed by atoms with E-state index >= 15 is 0 Å². The lowest BCUT2D eigenvalue weighted by atomic mass is 9.86. The van der Waals surface area contributed by atoms with Gasteiger partial charge in [0.1, 0.15) is 5.69 Å². The highest BCUT2D eigenvalue weighted by atomic mass is 35.5. The van der Waals surface area contributed by atoms with E-state index in [-0.39, 0.29) is 36.1 Å². The predicted molar refractivity (Wildman–Crippen MR) is 105 cm³/mol. The molecule has 2 unspecified atom stereocenters. The average Bonchev–Trinajstić information content (AvgIpc) is 2.92. The van der Waals surface area contributed by atoms with Crippen LogP contribution in [-0.2, 0) is 0 Å². The summed E-state index contributed by atoms with van der Waals surface area (Å²) < 4.78 is 26.9. The van der Waals surface area contributed by atoms with E-state index < -0.39 is 11.6 Å². The second-order valence-corrected chi connectivity index (χ2v) is 7.03. The van der Waals surface area contributed by atoms with Gasteiger partial charge in [-0.1, -0.05) is 6.07 Å². The number of benzene rings is 1. The first-order valence-corrected chi connectivity index (χ1v) is 8.96. The number of nitrogens with one attached hydrogen (secondary N) is 3. The van der Waals surface area contributed by atoms with Crippen molar-refractivity contribution in [2.24, 2.45) is 0 Å². The molecular weight excluding hydrogens is 388 g/mol. The Labute approximate surface area is 168 Å². The van der Waals surface area contributed by atoms with Crippen molar-refractivity contribution in [3.63, 3.8) is 0 Å². The highest BCUT2D eigenvalue weighted by Gasteiger charge is 2.30. The summed E-state index contributed by atoms with van der Waals surface area (Å²) in [5.74, 6) is -2.32. The zero-order valence-corrected chi connectivity index (χ0v) is 16.8. The van der Waals surface area contributed by atoms with Gasteiger partial charge in [-0.15, -0.1) is 12.4 Å². The SMILES string of the molecule is CC(=O)c1c(C)[nH]c(C(=O)NC2CNCCC2c2ccc(F)c(F)c2)c1C.Cl. The molecular formula is C20H24ClF2N3O2. The van der Waals surface area contributed by atoms with Crippen LogP contribution in [0.5, 0.6) is 0 Å². The lowest BCUT2D eigenvalue weighted by Gasteiger charge is -2.33. The number of piperidine rings is 1. The lowest BCUT2D eigenvalue weighted by Crippen LogP contribution is -2.50. The smallest absolute Gasteiger partial charge is 0.268 e. The molecule has 2 heterocycles. The summed E-state index contributed by atoms with van der Waals surface area (Å²) in [5.41, 5.74) is 2.81. The van der Waals surface area contributed by atoms with Gasteiger partial charge in [-0.2, -0.15) is 0 Å². The first kappa shape index (κ1) is 22.0. The van der Waals surface area contributed by atoms with Crippen molar-refractivity contribution in [2.45, 2.75) is 39.2 Å². The Morgan fingerprint density at radius 1 is 1.18 bits per heavy atom. The molecule has 1 fully saturated rings. The van der Waals surface area contributed by atoms with Crippen molar-refractivity contribution >= 4 is 24.1 Å². The number of aryl methyl sites for hydroxylation is 1. The van der Waals surface area contributed by atoms with Crippen molar-refractivity contribution in [2.75, 3.05) is 13.1 Å². The summed E-state index contributed by atoms with van der Waals surface area (Å²) in [4.78, 5) is 27.6. The number of halogens is 3. The van der Waals surface area contributed by atoms with Crippen LogP contribution >= 0.6 is 12.4 Å². The number of ketones is 1. The van der Waals surface area contributed by atoms with Crippen molar-refractivity contribution in [1.82, 2.24) is 15.6 Å². The quantitative estimate of drug-likeness (QED) is 0.675. The Balaban J connectivity index is 0.00000280. The zero-order chi connectivity index (χ0) is 19.7. The van der Waals surface area contributed by atoms with Crippen LogP contribution in [0.1, 0.15) is 56.9 Å². The minimum Gasteiger partial charge on any atom is -0.354 e. The molecule has 1 aliphatic rings. The number of aromatic amines is 1. The maximum absolute atomic E-state index is 13.6. The van der Waals surface area contributed by atoms with Gasteiger partial charge in [0.05, 0.1) is 0 Å². The molecule has 28 heavy (non-hydrogen) atoms. The highest BCUT2D eigenvalue weighted by molar-refractivity contribution is 6.02. The molecule has 1 aliphatic heterocycles. The predicted octanol–water partition coefficient (Wildman–Crippen LogP) is 3.41. The number of Topliss-reactive ketones (excluding diaryl/α,β-unsaturated/α-hetero) is 1. The fourth-order valence-electron chi connectivity index (χ4n) is 3.90. The molecule has 5 nitrogen and oxygen atoms in total. The summed E-state index contributed by atoms with van der Waals surface area (Å²) in [6.07, 6.45) is 0.692. The van der Waals surface area contributed by atoms with Crippen molar-refractivity contribution in [1.29, 1.82) is 0 Å². The van der Waals surface area contributed by atoms with Gasteiger partial charge in [0.15, 0.2) is 17.4 Å². The summed E-state index contributed by atoms with van der Waals surface area (Å²) >= 11 is 0. The van der Waals surface area contributed by atoms with Crippen LogP contribution in [0.2, 0.25) is 0 Å². The normalized spacial score (nSPS) is 19.0. The molecule has 3 N–H and O–H groups in total. The number of carbonyl (C=O) groups excluding carboxylic acids is 2. The van der Waals surface area contributed by atoms with Gasteiger partial charge in [-0.05, 0) is 57.0 Å². The minimum absolute atomic E-state index is 0. The van der Waals surface area contributed by atoms with E-state index in [9.17, 15) is 18.4 Å². The first-order chi connectivity index (χ1) is 12.8. The van der Waals surface area contributed by atoms with Gasteiger partial charge >= 0.3 is 0 Å². The van der Waals surface area contributed by atoms with E-state index in [4.69, 9.17) is 0 Å². The van der Waals surface area contributed by atoms with Crippen LogP contribution in [0.4, 0.5) is 8.78 Å². The highest BCUT2D eigenvalue weighted by Crippen LogP contribution is 2.27. The molecule has 152 valence electrons. The molecule has 0 spiro atoms. The molecule has 0 saturated carbocycles. The molecule has 1 saturated heterocycles. The molecule has 0 aliphatic carbocycles. The molecule has 8 heteroatoms. The number of amides is 1. The topological polar surface area (TPSA) is 74.0 Å². The van der Waals surface area contributed by atoms with Gasteiger partial charge in [0.2, 0.25) is 0 Å². The molecule has 2 atom stereocenters. The van der Waals surface area contributed by atoms with Crippen molar-refractivity contribution in [3.05, 3.63) is 57.9 Å². The van der Waals surface area contributed by atoms with E-state index in [1.165, 1.54) is 13.0 Å². The Bertz CT molecular complexity index is 898. The number of hydrogen-bond donors (Lipinski definition) is 3. The van der Waals surface area contributed by atoms with Gasteiger partial charge in [0, 0.05) is 29.8 Å². The summed E-state index contributed by atoms with van der Waals surface area (Å²) in [6, 6.07) is 3.59. The lowest BCUT2D eigenvalue weighted by molar-refractivity contribution is 0.0919. The third kappa shape index (κ3) is 4.25. The fraction of sp³-hybridized carbons (Fsp3) is 0.400. The summed E-state index contributed by atoms with van der Waals surface area (Å²) in [5, 5.41) is 6.20. The van der Waals surface area contributed by atoms with Gasteiger partial charge < -0.3 is 15.6 Å². The second kappa shape index (κ2) is 8.84. The Kier molecular flexibility index (Phi) is 6.96. The van der Waals surface area contributed by atoms with E-state index in [0.29, 0.717) is 41.0 Å². The maximum Gasteiger partial charge on any atom is 0.268 e. The molecule has 0 bridgehead atoms. The van der Waals surface area contributed by atoms with E-state index in [2.05, 4.69) is 15.6 Å². The molecule has 1 aromatic heterocycles. The van der Waals surface area contributed by atoms with Crippen LogP contribution in [-0.4, -0.2) is 35.8 Å². The third-order valence-electron chi connectivity index (χ3n) is 5.19. The second-order valence-electron chi connectivity index (χ2n) is 7.03. The van der Waals surface area contributed by atoms with Crippen LogP contribution in [0.3, 0.4) is 0 Å². The standard InChI is InChI=1S/C20H23F2N3O2.ClH/c1-10-18(12(3)26)11(2)24-19(10)20(27)25-17-9-23-7-6-14(17)13-4-5-15(21)16(22)8-13;/h4-5,8,14,17,23-24H,6-7,9H2,1-3H3,(H,25,27);1H. The summed E-state index contributed by atoms with van der Waals surface area (Å²) in [6.45, 7) is 6.21. The molecule has 1 aromatic carbocycles. The Morgan fingerprint density at radius 2 is 1.89 bits per heavy atom. The average molecular weight is 412 g/mol. The van der Waals surface area contributed by atoms with Gasteiger partial charge in [-0.3, -0.25) is 9.59 Å². The molecule has 1 amide bonds. The van der Waals surface area contributed by atoms with Crippen molar-refractivity contribution in [3.8, 4) is 0 Å². The van der Waals surface area contributed by atoms with Crippen LogP contribution in [0.25, 0.3) is 0 Å². The minimum atomic E-state index is -0.891. The molecule has 3 rings (SSSR count).